The second-order valence-corrected chi connectivity index (χ2v) is 24.6. The zero-order valence-electron chi connectivity index (χ0n) is 12.1. The molecule has 0 unspecified atom stereocenters. The average Bonchev–Trinajstić information content (AvgIpc) is 2.20. The first-order valence-corrected chi connectivity index (χ1v) is 19.4. The van der Waals surface area contributed by atoms with E-state index < -0.39 is 28.2 Å². The maximum absolute atomic E-state index is 11.8. The Balaban J connectivity index is 3.65. The Morgan fingerprint density at radius 1 is 0.824 bits per heavy atom. The number of hydrogen-bond donors (Lipinski definition) is 0. The first-order valence-electron chi connectivity index (χ1n) is 6.97. The average molecular weight is 369 g/mol. The van der Waals surface area contributed by atoms with Gasteiger partial charge in [-0.3, -0.25) is 0 Å². The van der Waals surface area contributed by atoms with Gasteiger partial charge in [0.05, 0.1) is 0 Å². The van der Waals surface area contributed by atoms with Crippen LogP contribution in [0.25, 0.3) is 0 Å². The Morgan fingerprint density at radius 2 is 1.35 bits per heavy atom. The third-order valence-corrected chi connectivity index (χ3v) is 10.7. The van der Waals surface area contributed by atoms with Gasteiger partial charge in [0.2, 0.25) is 0 Å². The molecule has 0 spiro atoms. The SMILES string of the molecule is CCCCCCCCS(=O)(=O)C[CH2][Sn]([CH3])([CH3])[CH3]. The van der Waals surface area contributed by atoms with E-state index in [2.05, 4.69) is 21.7 Å². The van der Waals surface area contributed by atoms with Gasteiger partial charge in [-0.2, -0.15) is 0 Å². The van der Waals surface area contributed by atoms with Crippen LogP contribution in [-0.2, 0) is 9.84 Å². The van der Waals surface area contributed by atoms with Gasteiger partial charge < -0.3 is 0 Å². The molecule has 2 nitrogen and oxygen atoms in total. The molecule has 0 aliphatic rings. The zero-order valence-corrected chi connectivity index (χ0v) is 15.8. The van der Waals surface area contributed by atoms with Gasteiger partial charge in [-0.25, -0.2) is 0 Å². The van der Waals surface area contributed by atoms with Crippen molar-refractivity contribution in [3.63, 3.8) is 0 Å². The maximum atomic E-state index is 11.8. The summed E-state index contributed by atoms with van der Waals surface area (Å²) in [7, 11) is -2.76. The van der Waals surface area contributed by atoms with Crippen molar-refractivity contribution in [1.82, 2.24) is 0 Å². The van der Waals surface area contributed by atoms with Crippen LogP contribution in [0.4, 0.5) is 0 Å². The molecule has 0 saturated heterocycles. The van der Waals surface area contributed by atoms with Crippen molar-refractivity contribution in [1.29, 1.82) is 0 Å². The van der Waals surface area contributed by atoms with Crippen LogP contribution >= 0.6 is 0 Å². The van der Waals surface area contributed by atoms with Crippen LogP contribution in [0.3, 0.4) is 0 Å². The van der Waals surface area contributed by atoms with Gasteiger partial charge >= 0.3 is 113 Å². The molecule has 0 rings (SSSR count). The molecule has 0 aromatic rings. The van der Waals surface area contributed by atoms with Gasteiger partial charge in [-0.05, 0) is 0 Å². The Morgan fingerprint density at radius 3 is 1.88 bits per heavy atom. The van der Waals surface area contributed by atoms with E-state index in [4.69, 9.17) is 0 Å². The number of sulfone groups is 1. The monoisotopic (exact) mass is 370 g/mol. The minimum atomic E-state index is -2.76. The number of unbranched alkanes of at least 4 members (excludes halogenated alkanes) is 5. The summed E-state index contributed by atoms with van der Waals surface area (Å²) < 4.78 is 24.6. The van der Waals surface area contributed by atoms with E-state index in [1.807, 2.05) is 0 Å². The van der Waals surface area contributed by atoms with Crippen LogP contribution in [0.15, 0.2) is 0 Å². The van der Waals surface area contributed by atoms with Crippen LogP contribution in [0.2, 0.25) is 19.3 Å². The molecule has 0 radical (unpaired) electrons. The van der Waals surface area contributed by atoms with Crippen LogP contribution in [0.5, 0.6) is 0 Å². The van der Waals surface area contributed by atoms with Gasteiger partial charge in [-0.1, -0.05) is 0 Å². The fourth-order valence-electron chi connectivity index (χ4n) is 1.67. The van der Waals surface area contributed by atoms with Crippen molar-refractivity contribution in [3.05, 3.63) is 0 Å². The van der Waals surface area contributed by atoms with Crippen LogP contribution < -0.4 is 0 Å². The van der Waals surface area contributed by atoms with E-state index in [9.17, 15) is 8.42 Å². The predicted molar refractivity (Wildman–Crippen MR) is 80.2 cm³/mol. The van der Waals surface area contributed by atoms with Crippen LogP contribution in [0, 0.1) is 0 Å². The first kappa shape index (κ1) is 17.7. The summed E-state index contributed by atoms with van der Waals surface area (Å²) in [5.41, 5.74) is 0. The Hall–Kier alpha value is 0.749. The van der Waals surface area contributed by atoms with Gasteiger partial charge in [0.1, 0.15) is 0 Å². The molecule has 0 atom stereocenters. The Kier molecular flexibility index (Phi) is 9.17. The van der Waals surface area contributed by atoms with Crippen molar-refractivity contribution < 1.29 is 8.42 Å². The summed E-state index contributed by atoms with van der Waals surface area (Å²) in [4.78, 5) is 6.90. The molecule has 0 heterocycles. The van der Waals surface area contributed by atoms with Crippen molar-refractivity contribution in [2.45, 2.75) is 64.7 Å². The first-order chi connectivity index (χ1) is 7.77. The third kappa shape index (κ3) is 13.0. The van der Waals surface area contributed by atoms with Crippen molar-refractivity contribution in [2.24, 2.45) is 0 Å². The Labute approximate surface area is 112 Å². The molecule has 0 fully saturated rings. The van der Waals surface area contributed by atoms with E-state index in [-0.39, 0.29) is 0 Å². The van der Waals surface area contributed by atoms with Gasteiger partial charge in [-0.15, -0.1) is 0 Å². The van der Waals surface area contributed by atoms with Gasteiger partial charge in [0.25, 0.3) is 0 Å². The van der Waals surface area contributed by atoms with Gasteiger partial charge in [0, 0.05) is 0 Å². The van der Waals surface area contributed by atoms with Crippen LogP contribution in [0.1, 0.15) is 45.4 Å². The summed E-state index contributed by atoms with van der Waals surface area (Å²) >= 11 is -1.89. The van der Waals surface area contributed by atoms with Crippen LogP contribution in [-0.4, -0.2) is 38.3 Å². The summed E-state index contributed by atoms with van der Waals surface area (Å²) in [6, 6.07) is 0. The molecular weight excluding hydrogens is 339 g/mol. The molecule has 0 bridgehead atoms. The molecule has 0 aromatic heterocycles. The van der Waals surface area contributed by atoms with Crippen molar-refractivity contribution >= 4 is 28.2 Å². The number of hydrogen-bond acceptors (Lipinski definition) is 2. The molecule has 17 heavy (non-hydrogen) atoms. The summed E-state index contributed by atoms with van der Waals surface area (Å²) in [5.74, 6) is 0.864. The molecule has 0 aliphatic carbocycles. The predicted octanol–water partition coefficient (Wildman–Crippen LogP) is 4.10. The zero-order chi connectivity index (χ0) is 13.4. The summed E-state index contributed by atoms with van der Waals surface area (Å²) in [6.45, 7) is 2.20. The van der Waals surface area contributed by atoms with Gasteiger partial charge in [0.15, 0.2) is 0 Å². The van der Waals surface area contributed by atoms with E-state index in [1.165, 1.54) is 25.7 Å². The molecule has 0 N–H and O–H groups in total. The standard InChI is InChI=1S/C10H21O2S.3CH3.Sn/c1-3-5-6-7-8-9-10-13(11,12)4-2;;;;/h2-10H2,1H3;3*1H3;. The van der Waals surface area contributed by atoms with Crippen molar-refractivity contribution in [3.8, 4) is 0 Å². The normalized spacial score (nSPS) is 12.9. The minimum absolute atomic E-state index is 0.418. The van der Waals surface area contributed by atoms with E-state index in [0.29, 0.717) is 11.5 Å². The molecule has 0 saturated carbocycles. The third-order valence-electron chi connectivity index (χ3n) is 2.97. The summed E-state index contributed by atoms with van der Waals surface area (Å²) in [5, 5.41) is 0. The molecule has 104 valence electrons. The fourth-order valence-corrected chi connectivity index (χ4v) is 11.3. The van der Waals surface area contributed by atoms with Crippen molar-refractivity contribution in [2.75, 3.05) is 11.5 Å². The van der Waals surface area contributed by atoms with E-state index in [0.717, 1.165) is 17.3 Å². The second-order valence-electron chi connectivity index (χ2n) is 6.23. The molecule has 0 amide bonds. The molecule has 0 aromatic carbocycles. The number of rotatable bonds is 10. The molecule has 4 heteroatoms. The molecule has 0 aliphatic heterocycles. The van der Waals surface area contributed by atoms with E-state index >= 15 is 0 Å². The molecular formula is C13H30O2SSn. The van der Waals surface area contributed by atoms with E-state index in [1.54, 1.807) is 0 Å². The quantitative estimate of drug-likeness (QED) is 0.429. The Bertz CT molecular complexity index is 278. The summed E-state index contributed by atoms with van der Waals surface area (Å²) in [6.07, 6.45) is 6.93. The fraction of sp³-hybridized carbons (Fsp3) is 1.00. The topological polar surface area (TPSA) is 34.1 Å². The second kappa shape index (κ2) is 8.78.